The van der Waals surface area contributed by atoms with Gasteiger partial charge in [-0.05, 0) is 12.5 Å². The predicted molar refractivity (Wildman–Crippen MR) is 88.4 cm³/mol. The second kappa shape index (κ2) is 7.89. The molecular weight excluding hydrogens is 294 g/mol. The van der Waals surface area contributed by atoms with Crippen molar-refractivity contribution >= 4 is 17.8 Å². The van der Waals surface area contributed by atoms with Gasteiger partial charge in [0.05, 0.1) is 0 Å². The maximum atomic E-state index is 12.6. The molecule has 126 valence electrons. The second-order valence-corrected chi connectivity index (χ2v) is 5.82. The Morgan fingerprint density at radius 1 is 1.22 bits per heavy atom. The SMILES string of the molecule is CCCCN(C)c1nccc(C(=O)N2CCN(C(C)=O)CC2)n1. The zero-order valence-electron chi connectivity index (χ0n) is 14.2. The van der Waals surface area contributed by atoms with Crippen molar-refractivity contribution in [2.75, 3.05) is 44.7 Å². The van der Waals surface area contributed by atoms with Crippen LogP contribution >= 0.6 is 0 Å². The third-order valence-electron chi connectivity index (χ3n) is 4.06. The summed E-state index contributed by atoms with van der Waals surface area (Å²) >= 11 is 0. The van der Waals surface area contributed by atoms with Crippen molar-refractivity contribution in [3.63, 3.8) is 0 Å². The summed E-state index contributed by atoms with van der Waals surface area (Å²) in [6, 6.07) is 1.65. The first-order valence-electron chi connectivity index (χ1n) is 8.12. The van der Waals surface area contributed by atoms with Crippen molar-refractivity contribution < 1.29 is 9.59 Å². The second-order valence-electron chi connectivity index (χ2n) is 5.82. The monoisotopic (exact) mass is 319 g/mol. The summed E-state index contributed by atoms with van der Waals surface area (Å²) in [7, 11) is 1.94. The molecule has 1 aliphatic rings. The molecule has 0 atom stereocenters. The van der Waals surface area contributed by atoms with E-state index in [2.05, 4.69) is 16.9 Å². The van der Waals surface area contributed by atoms with Crippen molar-refractivity contribution in [3.8, 4) is 0 Å². The molecule has 23 heavy (non-hydrogen) atoms. The molecule has 1 saturated heterocycles. The number of nitrogens with zero attached hydrogens (tertiary/aromatic N) is 5. The van der Waals surface area contributed by atoms with Crippen LogP contribution in [0.1, 0.15) is 37.2 Å². The van der Waals surface area contributed by atoms with Crippen LogP contribution in [-0.2, 0) is 4.79 Å². The van der Waals surface area contributed by atoms with E-state index < -0.39 is 0 Å². The van der Waals surface area contributed by atoms with E-state index in [0.29, 0.717) is 37.8 Å². The number of aromatic nitrogens is 2. The lowest BCUT2D eigenvalue weighted by molar-refractivity contribution is -0.130. The van der Waals surface area contributed by atoms with E-state index in [1.165, 1.54) is 0 Å². The average molecular weight is 319 g/mol. The van der Waals surface area contributed by atoms with E-state index in [4.69, 9.17) is 0 Å². The van der Waals surface area contributed by atoms with Gasteiger partial charge in [0.25, 0.3) is 5.91 Å². The van der Waals surface area contributed by atoms with Crippen molar-refractivity contribution in [2.45, 2.75) is 26.7 Å². The molecule has 0 radical (unpaired) electrons. The van der Waals surface area contributed by atoms with Crippen LogP contribution < -0.4 is 4.90 Å². The maximum absolute atomic E-state index is 12.6. The van der Waals surface area contributed by atoms with Crippen LogP contribution in [0.5, 0.6) is 0 Å². The van der Waals surface area contributed by atoms with Gasteiger partial charge >= 0.3 is 0 Å². The number of anilines is 1. The number of carbonyl (C=O) groups is 2. The van der Waals surface area contributed by atoms with Gasteiger partial charge < -0.3 is 14.7 Å². The van der Waals surface area contributed by atoms with Gasteiger partial charge in [0.15, 0.2) is 0 Å². The highest BCUT2D eigenvalue weighted by atomic mass is 16.2. The van der Waals surface area contributed by atoms with Crippen LogP contribution in [0, 0.1) is 0 Å². The highest BCUT2D eigenvalue weighted by Crippen LogP contribution is 2.11. The van der Waals surface area contributed by atoms with Crippen molar-refractivity contribution in [2.24, 2.45) is 0 Å². The quantitative estimate of drug-likeness (QED) is 0.810. The fourth-order valence-electron chi connectivity index (χ4n) is 2.53. The molecule has 1 aromatic rings. The lowest BCUT2D eigenvalue weighted by atomic mass is 10.2. The Morgan fingerprint density at radius 3 is 2.48 bits per heavy atom. The molecule has 1 aromatic heterocycles. The molecule has 0 unspecified atom stereocenters. The number of unbranched alkanes of at least 4 members (excludes halogenated alkanes) is 1. The Hall–Kier alpha value is -2.18. The Labute approximate surface area is 137 Å². The Morgan fingerprint density at radius 2 is 1.87 bits per heavy atom. The van der Waals surface area contributed by atoms with Crippen molar-refractivity contribution in [1.29, 1.82) is 0 Å². The molecule has 2 amide bonds. The Bertz CT molecular complexity index is 555. The largest absolute Gasteiger partial charge is 0.344 e. The van der Waals surface area contributed by atoms with Crippen LogP contribution in [0.4, 0.5) is 5.95 Å². The number of hydrogen-bond donors (Lipinski definition) is 0. The summed E-state index contributed by atoms with van der Waals surface area (Å²) < 4.78 is 0. The highest BCUT2D eigenvalue weighted by Gasteiger charge is 2.24. The van der Waals surface area contributed by atoms with Gasteiger partial charge in [0.2, 0.25) is 11.9 Å². The van der Waals surface area contributed by atoms with Crippen LogP contribution in [0.2, 0.25) is 0 Å². The molecule has 0 aliphatic carbocycles. The van der Waals surface area contributed by atoms with Gasteiger partial charge in [-0.1, -0.05) is 13.3 Å². The molecule has 2 rings (SSSR count). The Balaban J connectivity index is 2.01. The predicted octanol–water partition coefficient (Wildman–Crippen LogP) is 1.02. The summed E-state index contributed by atoms with van der Waals surface area (Å²) in [5.41, 5.74) is 0.412. The number of rotatable bonds is 5. The van der Waals surface area contributed by atoms with E-state index in [9.17, 15) is 9.59 Å². The summed E-state index contributed by atoms with van der Waals surface area (Å²) in [5.74, 6) is 0.534. The first-order chi connectivity index (χ1) is 11.0. The molecule has 0 saturated carbocycles. The summed E-state index contributed by atoms with van der Waals surface area (Å²) in [6.45, 7) is 6.80. The zero-order valence-corrected chi connectivity index (χ0v) is 14.2. The molecule has 1 fully saturated rings. The number of carbonyl (C=O) groups excluding carboxylic acids is 2. The minimum atomic E-state index is -0.0965. The van der Waals surface area contributed by atoms with Gasteiger partial charge in [0, 0.05) is 52.9 Å². The third-order valence-corrected chi connectivity index (χ3v) is 4.06. The minimum absolute atomic E-state index is 0.0546. The van der Waals surface area contributed by atoms with Gasteiger partial charge in [-0.15, -0.1) is 0 Å². The van der Waals surface area contributed by atoms with Crippen LogP contribution in [0.15, 0.2) is 12.3 Å². The van der Waals surface area contributed by atoms with Crippen molar-refractivity contribution in [3.05, 3.63) is 18.0 Å². The lowest BCUT2D eigenvalue weighted by Gasteiger charge is -2.34. The summed E-state index contributed by atoms with van der Waals surface area (Å²) in [5, 5.41) is 0. The number of piperazine rings is 1. The molecule has 1 aliphatic heterocycles. The zero-order chi connectivity index (χ0) is 16.8. The summed E-state index contributed by atoms with van der Waals surface area (Å²) in [4.78, 5) is 38.0. The molecule has 0 N–H and O–H groups in total. The molecule has 0 aromatic carbocycles. The minimum Gasteiger partial charge on any atom is -0.344 e. The first-order valence-corrected chi connectivity index (χ1v) is 8.12. The molecule has 7 nitrogen and oxygen atoms in total. The van der Waals surface area contributed by atoms with Crippen molar-refractivity contribution in [1.82, 2.24) is 19.8 Å². The molecule has 0 spiro atoms. The topological polar surface area (TPSA) is 69.6 Å². The van der Waals surface area contributed by atoms with Crippen LogP contribution in [-0.4, -0.2) is 71.4 Å². The molecule has 0 bridgehead atoms. The third kappa shape index (κ3) is 4.40. The molecule has 7 heteroatoms. The number of amides is 2. The maximum Gasteiger partial charge on any atom is 0.272 e. The van der Waals surface area contributed by atoms with Gasteiger partial charge in [-0.25, -0.2) is 9.97 Å². The summed E-state index contributed by atoms with van der Waals surface area (Å²) in [6.07, 6.45) is 3.79. The van der Waals surface area contributed by atoms with Crippen LogP contribution in [0.3, 0.4) is 0 Å². The number of hydrogen-bond acceptors (Lipinski definition) is 5. The normalized spacial score (nSPS) is 14.7. The van der Waals surface area contributed by atoms with E-state index in [-0.39, 0.29) is 11.8 Å². The van der Waals surface area contributed by atoms with Gasteiger partial charge in [0.1, 0.15) is 5.69 Å². The van der Waals surface area contributed by atoms with E-state index in [0.717, 1.165) is 19.4 Å². The Kier molecular flexibility index (Phi) is 5.90. The van der Waals surface area contributed by atoms with Gasteiger partial charge in [-0.2, -0.15) is 0 Å². The standard InChI is InChI=1S/C16H25N5O2/c1-4-5-8-19(3)16-17-7-6-14(18-16)15(23)21-11-9-20(10-12-21)13(2)22/h6-7H,4-5,8-12H2,1-3H3. The van der Waals surface area contributed by atoms with E-state index >= 15 is 0 Å². The lowest BCUT2D eigenvalue weighted by Crippen LogP contribution is -2.50. The molecular formula is C16H25N5O2. The highest BCUT2D eigenvalue weighted by molar-refractivity contribution is 5.92. The fraction of sp³-hybridized carbons (Fsp3) is 0.625. The van der Waals surface area contributed by atoms with Crippen LogP contribution in [0.25, 0.3) is 0 Å². The fourth-order valence-corrected chi connectivity index (χ4v) is 2.53. The van der Waals surface area contributed by atoms with E-state index in [1.54, 1.807) is 29.0 Å². The smallest absolute Gasteiger partial charge is 0.272 e. The van der Waals surface area contributed by atoms with Gasteiger partial charge in [-0.3, -0.25) is 9.59 Å². The first kappa shape index (κ1) is 17.2. The van der Waals surface area contributed by atoms with E-state index in [1.807, 2.05) is 11.9 Å². The average Bonchev–Trinajstić information content (AvgIpc) is 2.59. The molecule has 2 heterocycles.